The van der Waals surface area contributed by atoms with Crippen LogP contribution in [0.4, 0.5) is 0 Å². The molecule has 0 radical (unpaired) electrons. The molecule has 2 aliphatic rings. The van der Waals surface area contributed by atoms with Crippen molar-refractivity contribution >= 4 is 46.2 Å². The minimum atomic E-state index is -0.0836. The summed E-state index contributed by atoms with van der Waals surface area (Å²) in [7, 11) is 1.62. The van der Waals surface area contributed by atoms with Gasteiger partial charge in [-0.1, -0.05) is 43.0 Å². The molecule has 0 saturated carbocycles. The van der Waals surface area contributed by atoms with Gasteiger partial charge >= 0.3 is 0 Å². The highest BCUT2D eigenvalue weighted by atomic mass is 32.2. The molecule has 1 aromatic carbocycles. The second-order valence-electron chi connectivity index (χ2n) is 7.36. The Bertz CT molecular complexity index is 809. The summed E-state index contributed by atoms with van der Waals surface area (Å²) in [5.74, 6) is 0.865. The summed E-state index contributed by atoms with van der Waals surface area (Å²) < 4.78 is 5.79. The van der Waals surface area contributed by atoms with Crippen LogP contribution in [0.25, 0.3) is 6.08 Å². The van der Waals surface area contributed by atoms with Gasteiger partial charge in [0, 0.05) is 25.6 Å². The Labute approximate surface area is 182 Å². The Kier molecular flexibility index (Phi) is 7.72. The van der Waals surface area contributed by atoms with E-state index in [0.717, 1.165) is 37.1 Å². The first kappa shape index (κ1) is 21.8. The first-order valence-corrected chi connectivity index (χ1v) is 11.4. The molecule has 0 spiro atoms. The van der Waals surface area contributed by atoms with Crippen molar-refractivity contribution in [2.75, 3.05) is 20.2 Å². The molecule has 0 unspecified atom stereocenters. The van der Waals surface area contributed by atoms with Gasteiger partial charge in [0.15, 0.2) is 0 Å². The van der Waals surface area contributed by atoms with Gasteiger partial charge in [0.2, 0.25) is 5.91 Å². The van der Waals surface area contributed by atoms with Crippen LogP contribution in [-0.2, 0) is 9.59 Å². The van der Waals surface area contributed by atoms with Gasteiger partial charge in [-0.15, -0.1) is 0 Å². The number of benzene rings is 1. The van der Waals surface area contributed by atoms with E-state index >= 15 is 0 Å². The Morgan fingerprint density at radius 2 is 2.21 bits per heavy atom. The van der Waals surface area contributed by atoms with Gasteiger partial charge in [0.1, 0.15) is 10.1 Å². The molecule has 29 heavy (non-hydrogen) atoms. The summed E-state index contributed by atoms with van der Waals surface area (Å²) in [6, 6.07) is 7.94. The number of carbonyl (C=O) groups is 2. The second kappa shape index (κ2) is 10.3. The van der Waals surface area contributed by atoms with E-state index in [-0.39, 0.29) is 11.8 Å². The highest BCUT2D eigenvalue weighted by Gasteiger charge is 2.32. The lowest BCUT2D eigenvalue weighted by Crippen LogP contribution is -2.43. The minimum Gasteiger partial charge on any atom is -0.497 e. The van der Waals surface area contributed by atoms with Crippen LogP contribution in [0.3, 0.4) is 0 Å². The zero-order valence-electron chi connectivity index (χ0n) is 17.1. The molecule has 0 bridgehead atoms. The number of thioether (sulfide) groups is 1. The molecule has 2 fully saturated rings. The Hall–Kier alpha value is -1.86. The van der Waals surface area contributed by atoms with E-state index in [9.17, 15) is 9.59 Å². The van der Waals surface area contributed by atoms with E-state index in [1.165, 1.54) is 18.2 Å². The van der Waals surface area contributed by atoms with Crippen molar-refractivity contribution in [1.82, 2.24) is 9.80 Å². The highest BCUT2D eigenvalue weighted by Crippen LogP contribution is 2.33. The van der Waals surface area contributed by atoms with Crippen molar-refractivity contribution in [3.8, 4) is 5.75 Å². The maximum Gasteiger partial charge on any atom is 0.266 e. The molecule has 7 heteroatoms. The fraction of sp³-hybridized carbons (Fsp3) is 0.500. The smallest absolute Gasteiger partial charge is 0.266 e. The van der Waals surface area contributed by atoms with Crippen LogP contribution in [0.5, 0.6) is 5.75 Å². The van der Waals surface area contributed by atoms with Crippen molar-refractivity contribution in [2.45, 2.75) is 51.5 Å². The summed E-state index contributed by atoms with van der Waals surface area (Å²) in [6.45, 7) is 3.49. The molecule has 156 valence electrons. The standard InChI is InChI=1S/C22H28N2O3S2/c1-3-17-9-4-5-12-23(17)20(25)11-7-13-24-21(26)19(29-22(24)28)15-16-8-6-10-18(14-16)27-2/h6,8,10,14-15,17H,3-5,7,9,11-13H2,1-2H3/b19-15-/t17-/m1/s1. The van der Waals surface area contributed by atoms with Gasteiger partial charge in [-0.25, -0.2) is 0 Å². The fourth-order valence-electron chi connectivity index (χ4n) is 3.86. The maximum atomic E-state index is 12.8. The Morgan fingerprint density at radius 1 is 1.38 bits per heavy atom. The molecule has 1 atom stereocenters. The van der Waals surface area contributed by atoms with Gasteiger partial charge in [0.05, 0.1) is 12.0 Å². The second-order valence-corrected chi connectivity index (χ2v) is 9.03. The average Bonchev–Trinajstić information content (AvgIpc) is 3.01. The van der Waals surface area contributed by atoms with E-state index in [4.69, 9.17) is 17.0 Å². The molecule has 2 saturated heterocycles. The van der Waals surface area contributed by atoms with Crippen LogP contribution in [0.15, 0.2) is 29.2 Å². The third kappa shape index (κ3) is 5.39. The topological polar surface area (TPSA) is 49.9 Å². The van der Waals surface area contributed by atoms with Crippen LogP contribution in [0, 0.1) is 0 Å². The number of amides is 2. The van der Waals surface area contributed by atoms with Crippen LogP contribution < -0.4 is 4.74 Å². The van der Waals surface area contributed by atoms with Crippen molar-refractivity contribution < 1.29 is 14.3 Å². The Balaban J connectivity index is 1.56. The predicted octanol–water partition coefficient (Wildman–Crippen LogP) is 4.47. The lowest BCUT2D eigenvalue weighted by molar-refractivity contribution is -0.135. The first-order valence-electron chi connectivity index (χ1n) is 10.2. The summed E-state index contributed by atoms with van der Waals surface area (Å²) in [6.07, 6.45) is 7.34. The highest BCUT2D eigenvalue weighted by molar-refractivity contribution is 8.26. The van der Waals surface area contributed by atoms with Crippen LogP contribution in [0.1, 0.15) is 51.0 Å². The number of likely N-dealkylation sites (tertiary alicyclic amines) is 1. The molecule has 1 aromatic rings. The molecule has 2 aliphatic heterocycles. The van der Waals surface area contributed by atoms with E-state index in [0.29, 0.717) is 34.7 Å². The zero-order chi connectivity index (χ0) is 20.8. The number of carbonyl (C=O) groups excluding carboxylic acids is 2. The SMILES string of the molecule is CC[C@@H]1CCCCN1C(=O)CCCN1C(=O)/C(=C/c2cccc(OC)c2)SC1=S. The molecule has 5 nitrogen and oxygen atoms in total. The van der Waals surface area contributed by atoms with Crippen molar-refractivity contribution in [3.05, 3.63) is 34.7 Å². The summed E-state index contributed by atoms with van der Waals surface area (Å²) in [4.78, 5) is 29.7. The number of methoxy groups -OCH3 is 1. The number of hydrogen-bond acceptors (Lipinski definition) is 5. The molecular formula is C22H28N2O3S2. The Morgan fingerprint density at radius 3 is 2.97 bits per heavy atom. The number of piperidine rings is 1. The quantitative estimate of drug-likeness (QED) is 0.470. The zero-order valence-corrected chi connectivity index (χ0v) is 18.7. The van der Waals surface area contributed by atoms with E-state index in [1.54, 1.807) is 12.0 Å². The summed E-state index contributed by atoms with van der Waals surface area (Å²) in [5.41, 5.74) is 0.899. The fourth-order valence-corrected chi connectivity index (χ4v) is 5.17. The molecule has 0 N–H and O–H groups in total. The monoisotopic (exact) mass is 432 g/mol. The van der Waals surface area contributed by atoms with Gasteiger partial charge in [-0.2, -0.15) is 0 Å². The first-order chi connectivity index (χ1) is 14.0. The van der Waals surface area contributed by atoms with E-state index < -0.39 is 0 Å². The van der Waals surface area contributed by atoms with E-state index in [2.05, 4.69) is 6.92 Å². The van der Waals surface area contributed by atoms with Gasteiger partial charge < -0.3 is 9.64 Å². The number of hydrogen-bond donors (Lipinski definition) is 0. The number of nitrogens with zero attached hydrogens (tertiary/aromatic N) is 2. The predicted molar refractivity (Wildman–Crippen MR) is 122 cm³/mol. The summed E-state index contributed by atoms with van der Waals surface area (Å²) in [5, 5.41) is 0. The third-order valence-electron chi connectivity index (χ3n) is 5.46. The molecule has 0 aliphatic carbocycles. The molecule has 2 amide bonds. The largest absolute Gasteiger partial charge is 0.497 e. The van der Waals surface area contributed by atoms with Crippen molar-refractivity contribution in [3.63, 3.8) is 0 Å². The van der Waals surface area contributed by atoms with Crippen LogP contribution >= 0.6 is 24.0 Å². The third-order valence-corrected chi connectivity index (χ3v) is 6.83. The van der Waals surface area contributed by atoms with Gasteiger partial charge in [0.25, 0.3) is 5.91 Å². The average molecular weight is 433 g/mol. The molecular weight excluding hydrogens is 404 g/mol. The summed E-state index contributed by atoms with van der Waals surface area (Å²) >= 11 is 6.72. The minimum absolute atomic E-state index is 0.0836. The van der Waals surface area contributed by atoms with Crippen molar-refractivity contribution in [1.29, 1.82) is 0 Å². The normalized spacial score (nSPS) is 21.2. The van der Waals surface area contributed by atoms with E-state index in [1.807, 2.05) is 35.2 Å². The van der Waals surface area contributed by atoms with Crippen molar-refractivity contribution in [2.24, 2.45) is 0 Å². The molecule has 2 heterocycles. The molecule has 0 aromatic heterocycles. The molecule has 3 rings (SSSR count). The lowest BCUT2D eigenvalue weighted by Gasteiger charge is -2.35. The van der Waals surface area contributed by atoms with Gasteiger partial charge in [-0.05, 0) is 55.9 Å². The van der Waals surface area contributed by atoms with Crippen LogP contribution in [0.2, 0.25) is 0 Å². The number of ether oxygens (including phenoxy) is 1. The maximum absolute atomic E-state index is 12.8. The van der Waals surface area contributed by atoms with Gasteiger partial charge in [-0.3, -0.25) is 14.5 Å². The van der Waals surface area contributed by atoms with Crippen LogP contribution in [-0.4, -0.2) is 52.2 Å². The number of rotatable bonds is 7. The lowest BCUT2D eigenvalue weighted by atomic mass is 9.99. The number of thiocarbonyl (C=S) groups is 1.